The molecule has 0 atom stereocenters. The maximum Gasteiger partial charge on any atom is 0.209 e. The van der Waals surface area contributed by atoms with Gasteiger partial charge in [0, 0.05) is 21.1 Å². The molecule has 0 saturated heterocycles. The third-order valence-electron chi connectivity index (χ3n) is 3.21. The maximum absolute atomic E-state index is 9.99. The van der Waals surface area contributed by atoms with Crippen LogP contribution in [0.3, 0.4) is 0 Å². The van der Waals surface area contributed by atoms with Crippen molar-refractivity contribution in [3.05, 3.63) is 37.2 Å². The lowest BCUT2D eigenvalue weighted by Gasteiger charge is -2.06. The third-order valence-corrected chi connectivity index (χ3v) is 5.33. The molecule has 0 saturated carbocycles. The predicted molar refractivity (Wildman–Crippen MR) is 89.5 cm³/mol. The topological polar surface area (TPSA) is 45.5 Å². The zero-order valence-electron chi connectivity index (χ0n) is 10.6. The first-order valence-electron chi connectivity index (χ1n) is 6.34. The summed E-state index contributed by atoms with van der Waals surface area (Å²) in [6.45, 7) is 0. The van der Waals surface area contributed by atoms with Crippen molar-refractivity contribution in [3.63, 3.8) is 0 Å². The Morgan fingerprint density at radius 1 is 1.25 bits per heavy atom. The van der Waals surface area contributed by atoms with E-state index < -0.39 is 0 Å². The highest BCUT2D eigenvalue weighted by Gasteiger charge is 2.14. The largest absolute Gasteiger partial charge is 0.506 e. The van der Waals surface area contributed by atoms with Crippen molar-refractivity contribution in [2.45, 2.75) is 25.7 Å². The molecule has 1 heterocycles. The fraction of sp³-hybridized carbons (Fsp3) is 0.286. The van der Waals surface area contributed by atoms with Gasteiger partial charge in [-0.2, -0.15) is 0 Å². The van der Waals surface area contributed by atoms with Crippen molar-refractivity contribution < 1.29 is 5.11 Å². The van der Waals surface area contributed by atoms with Crippen LogP contribution in [0.1, 0.15) is 29.0 Å². The van der Waals surface area contributed by atoms with E-state index in [0.717, 1.165) is 22.4 Å². The molecule has 1 aromatic carbocycles. The molecule has 0 bridgehead atoms. The number of phenols is 1. The molecule has 0 fully saturated rings. The van der Waals surface area contributed by atoms with Gasteiger partial charge in [-0.15, -0.1) is 0 Å². The van der Waals surface area contributed by atoms with Gasteiger partial charge in [0.2, 0.25) is 5.13 Å². The number of aliphatic imine (C=N–C) groups is 1. The smallest absolute Gasteiger partial charge is 0.209 e. The van der Waals surface area contributed by atoms with Gasteiger partial charge in [0.1, 0.15) is 5.75 Å². The van der Waals surface area contributed by atoms with Crippen molar-refractivity contribution in [2.75, 3.05) is 0 Å². The normalized spacial score (nSPS) is 14.7. The molecule has 1 aromatic heterocycles. The highest BCUT2D eigenvalue weighted by Crippen LogP contribution is 2.33. The fourth-order valence-corrected chi connectivity index (χ4v) is 4.45. The third kappa shape index (κ3) is 2.97. The Morgan fingerprint density at radius 3 is 2.85 bits per heavy atom. The van der Waals surface area contributed by atoms with Gasteiger partial charge in [-0.1, -0.05) is 27.3 Å². The van der Waals surface area contributed by atoms with E-state index in [0.29, 0.717) is 10.0 Å². The van der Waals surface area contributed by atoms with Crippen LogP contribution in [0.5, 0.6) is 5.75 Å². The van der Waals surface area contributed by atoms with E-state index in [1.54, 1.807) is 23.6 Å². The van der Waals surface area contributed by atoms with E-state index in [1.165, 1.54) is 23.4 Å². The summed E-state index contributed by atoms with van der Waals surface area (Å²) in [5, 5.41) is 10.8. The number of fused-ring (bicyclic) bond motifs is 1. The first-order chi connectivity index (χ1) is 9.63. The zero-order chi connectivity index (χ0) is 14.1. The average molecular weight is 416 g/mol. The van der Waals surface area contributed by atoms with Crippen LogP contribution in [0.15, 0.2) is 26.1 Å². The molecule has 104 valence electrons. The van der Waals surface area contributed by atoms with Crippen LogP contribution in [0.25, 0.3) is 0 Å². The second kappa shape index (κ2) is 5.95. The lowest BCUT2D eigenvalue weighted by Crippen LogP contribution is -1.98. The second-order valence-corrected chi connectivity index (χ2v) is 7.49. The summed E-state index contributed by atoms with van der Waals surface area (Å²) in [5.74, 6) is 0.193. The van der Waals surface area contributed by atoms with E-state index >= 15 is 0 Å². The van der Waals surface area contributed by atoms with Crippen LogP contribution < -0.4 is 0 Å². The molecule has 1 aliphatic carbocycles. The Labute approximate surface area is 138 Å². The van der Waals surface area contributed by atoms with Gasteiger partial charge in [0.15, 0.2) is 0 Å². The summed E-state index contributed by atoms with van der Waals surface area (Å²) in [7, 11) is 0. The van der Waals surface area contributed by atoms with E-state index in [-0.39, 0.29) is 5.75 Å². The van der Waals surface area contributed by atoms with Crippen molar-refractivity contribution in [1.29, 1.82) is 0 Å². The van der Waals surface area contributed by atoms with Gasteiger partial charge in [0.25, 0.3) is 0 Å². The zero-order valence-corrected chi connectivity index (χ0v) is 14.6. The number of nitrogens with zero attached hydrogens (tertiary/aromatic N) is 2. The van der Waals surface area contributed by atoms with Gasteiger partial charge in [0.05, 0.1) is 10.2 Å². The summed E-state index contributed by atoms with van der Waals surface area (Å²) in [4.78, 5) is 10.3. The van der Waals surface area contributed by atoms with Crippen LogP contribution in [-0.2, 0) is 12.8 Å². The molecule has 1 N–H and O–H groups in total. The average Bonchev–Trinajstić information content (AvgIpc) is 2.84. The highest BCUT2D eigenvalue weighted by molar-refractivity contribution is 9.11. The molecule has 0 radical (unpaired) electrons. The Morgan fingerprint density at radius 2 is 2.05 bits per heavy atom. The molecule has 0 amide bonds. The molecule has 3 nitrogen and oxygen atoms in total. The minimum atomic E-state index is 0.193. The first kappa shape index (κ1) is 14.2. The van der Waals surface area contributed by atoms with Gasteiger partial charge >= 0.3 is 0 Å². The molecule has 3 rings (SSSR count). The SMILES string of the molecule is Oc1c(Br)cc(Br)cc1C=Nc1nc2c(s1)CCCC2. The summed E-state index contributed by atoms with van der Waals surface area (Å²) in [6.07, 6.45) is 6.32. The van der Waals surface area contributed by atoms with E-state index in [4.69, 9.17) is 0 Å². The number of aromatic hydroxyl groups is 1. The predicted octanol–water partition coefficient (Wildman–Crippen LogP) is 5.00. The number of phenolic OH excluding ortho intramolecular Hbond substituents is 1. The number of aromatic nitrogens is 1. The molecule has 0 unspecified atom stereocenters. The minimum absolute atomic E-state index is 0.193. The van der Waals surface area contributed by atoms with Crippen LogP contribution >= 0.6 is 43.2 Å². The summed E-state index contributed by atoms with van der Waals surface area (Å²) in [5.41, 5.74) is 1.87. The Kier molecular flexibility index (Phi) is 4.23. The number of aryl methyl sites for hydroxylation is 2. The number of halogens is 2. The lowest BCUT2D eigenvalue weighted by atomic mass is 10.0. The summed E-state index contributed by atoms with van der Waals surface area (Å²) in [6, 6.07) is 3.63. The quantitative estimate of drug-likeness (QED) is 0.701. The van der Waals surface area contributed by atoms with Crippen LogP contribution in [0.4, 0.5) is 5.13 Å². The number of rotatable bonds is 2. The lowest BCUT2D eigenvalue weighted by molar-refractivity contribution is 0.471. The first-order valence-corrected chi connectivity index (χ1v) is 8.74. The molecule has 1 aliphatic rings. The summed E-state index contributed by atoms with van der Waals surface area (Å²) < 4.78 is 1.54. The Bertz CT molecular complexity index is 659. The van der Waals surface area contributed by atoms with Crippen molar-refractivity contribution in [2.24, 2.45) is 4.99 Å². The summed E-state index contributed by atoms with van der Waals surface area (Å²) >= 11 is 8.37. The molecule has 0 aliphatic heterocycles. The van der Waals surface area contributed by atoms with Crippen molar-refractivity contribution in [1.82, 2.24) is 4.98 Å². The monoisotopic (exact) mass is 414 g/mol. The van der Waals surface area contributed by atoms with Gasteiger partial charge in [-0.05, 0) is 53.7 Å². The molecule has 2 aromatic rings. The van der Waals surface area contributed by atoms with E-state index in [1.807, 2.05) is 6.07 Å². The number of benzene rings is 1. The van der Waals surface area contributed by atoms with Crippen LogP contribution in [0, 0.1) is 0 Å². The fourth-order valence-electron chi connectivity index (χ4n) is 2.20. The molecule has 20 heavy (non-hydrogen) atoms. The maximum atomic E-state index is 9.99. The molecule has 0 spiro atoms. The molecular weight excluding hydrogens is 404 g/mol. The van der Waals surface area contributed by atoms with Crippen molar-refractivity contribution >= 4 is 54.5 Å². The number of hydrogen-bond donors (Lipinski definition) is 1. The molecular formula is C14H12Br2N2OS. The van der Waals surface area contributed by atoms with E-state index in [2.05, 4.69) is 41.8 Å². The van der Waals surface area contributed by atoms with Crippen molar-refractivity contribution in [3.8, 4) is 5.75 Å². The van der Waals surface area contributed by atoms with Gasteiger partial charge < -0.3 is 5.11 Å². The standard InChI is InChI=1S/C14H12Br2N2OS/c15-9-5-8(13(19)10(16)6-9)7-17-14-18-11-3-1-2-4-12(11)20-14/h5-7,19H,1-4H2. The number of hydrogen-bond acceptors (Lipinski definition) is 4. The Hall–Kier alpha value is -0.720. The minimum Gasteiger partial charge on any atom is -0.506 e. The van der Waals surface area contributed by atoms with Crippen LogP contribution in [-0.4, -0.2) is 16.3 Å². The van der Waals surface area contributed by atoms with Gasteiger partial charge in [-0.25, -0.2) is 9.98 Å². The highest BCUT2D eigenvalue weighted by atomic mass is 79.9. The number of thiazole rings is 1. The van der Waals surface area contributed by atoms with Gasteiger partial charge in [-0.3, -0.25) is 0 Å². The second-order valence-electron chi connectivity index (χ2n) is 4.66. The molecule has 6 heteroatoms. The Balaban J connectivity index is 1.89. The van der Waals surface area contributed by atoms with E-state index in [9.17, 15) is 5.11 Å². The van der Waals surface area contributed by atoms with Crippen LogP contribution in [0.2, 0.25) is 0 Å².